The molecule has 16 heavy (non-hydrogen) atoms. The van der Waals surface area contributed by atoms with Crippen LogP contribution in [0.5, 0.6) is 0 Å². The number of nitrogens with zero attached hydrogens (tertiary/aromatic N) is 2. The summed E-state index contributed by atoms with van der Waals surface area (Å²) in [6.45, 7) is 4.08. The fraction of sp³-hybridized carbons (Fsp3) is 0.600. The molecule has 0 spiro atoms. The Kier molecular flexibility index (Phi) is 3.74. The molecule has 1 aliphatic heterocycles. The molecule has 1 saturated heterocycles. The molecule has 0 atom stereocenters. The van der Waals surface area contributed by atoms with Gasteiger partial charge in [0.1, 0.15) is 5.00 Å². The molecule has 0 saturated carbocycles. The van der Waals surface area contributed by atoms with Gasteiger partial charge in [-0.3, -0.25) is 0 Å². The lowest BCUT2D eigenvalue weighted by molar-refractivity contribution is 0.0692. The zero-order valence-electron chi connectivity index (χ0n) is 8.98. The monoisotopic (exact) mass is 241 g/mol. The summed E-state index contributed by atoms with van der Waals surface area (Å²) >= 11 is 1.34. The lowest BCUT2D eigenvalue weighted by Crippen LogP contribution is -2.26. The standard InChI is InChI=1S/C10H15N3O2S/c14-10(15)8-9(16-7-12-8)11-3-6-13-4-1-2-5-13/h7,11H,1-6H2,(H,14,15). The molecule has 88 valence electrons. The third kappa shape index (κ3) is 2.70. The van der Waals surface area contributed by atoms with Gasteiger partial charge in [0, 0.05) is 13.1 Å². The van der Waals surface area contributed by atoms with Gasteiger partial charge >= 0.3 is 5.97 Å². The highest BCUT2D eigenvalue weighted by Gasteiger charge is 2.14. The van der Waals surface area contributed by atoms with Gasteiger partial charge in [-0.2, -0.15) is 0 Å². The topological polar surface area (TPSA) is 65.5 Å². The molecule has 0 radical (unpaired) electrons. The summed E-state index contributed by atoms with van der Waals surface area (Å²) in [4.78, 5) is 17.0. The molecule has 0 bridgehead atoms. The molecule has 0 aromatic carbocycles. The average Bonchev–Trinajstić information content (AvgIpc) is 2.87. The molecule has 0 amide bonds. The van der Waals surface area contributed by atoms with E-state index in [4.69, 9.17) is 5.11 Å². The minimum Gasteiger partial charge on any atom is -0.476 e. The van der Waals surface area contributed by atoms with Crippen LogP contribution in [0, 0.1) is 0 Å². The van der Waals surface area contributed by atoms with Gasteiger partial charge in [-0.05, 0) is 25.9 Å². The Hall–Kier alpha value is -1.14. The lowest BCUT2D eigenvalue weighted by atomic mass is 10.4. The van der Waals surface area contributed by atoms with E-state index in [0.29, 0.717) is 5.00 Å². The van der Waals surface area contributed by atoms with Gasteiger partial charge in [0.2, 0.25) is 0 Å². The van der Waals surface area contributed by atoms with E-state index >= 15 is 0 Å². The highest BCUT2D eigenvalue weighted by Crippen LogP contribution is 2.19. The maximum atomic E-state index is 10.8. The Bertz CT molecular complexity index is 361. The number of rotatable bonds is 5. The van der Waals surface area contributed by atoms with E-state index in [1.807, 2.05) is 0 Å². The van der Waals surface area contributed by atoms with Crippen LogP contribution in [0.3, 0.4) is 0 Å². The summed E-state index contributed by atoms with van der Waals surface area (Å²) in [5.41, 5.74) is 1.69. The summed E-state index contributed by atoms with van der Waals surface area (Å²) in [7, 11) is 0. The molecule has 1 aromatic heterocycles. The summed E-state index contributed by atoms with van der Waals surface area (Å²) in [5.74, 6) is -0.968. The normalized spacial score (nSPS) is 16.5. The van der Waals surface area contributed by atoms with Crippen molar-refractivity contribution < 1.29 is 9.90 Å². The molecule has 5 nitrogen and oxygen atoms in total. The van der Waals surface area contributed by atoms with Crippen LogP contribution in [0.15, 0.2) is 5.51 Å². The van der Waals surface area contributed by atoms with Crippen LogP contribution < -0.4 is 5.32 Å². The van der Waals surface area contributed by atoms with Crippen LogP contribution in [-0.2, 0) is 0 Å². The van der Waals surface area contributed by atoms with Crippen molar-refractivity contribution in [1.29, 1.82) is 0 Å². The SMILES string of the molecule is O=C(O)c1ncsc1NCCN1CCCC1. The number of carbonyl (C=O) groups is 1. The van der Waals surface area contributed by atoms with E-state index in [-0.39, 0.29) is 5.69 Å². The summed E-state index contributed by atoms with van der Waals surface area (Å²) in [6.07, 6.45) is 2.56. The molecular formula is C10H15N3O2S. The van der Waals surface area contributed by atoms with Gasteiger partial charge in [0.15, 0.2) is 5.69 Å². The minimum absolute atomic E-state index is 0.131. The molecule has 2 heterocycles. The van der Waals surface area contributed by atoms with Crippen LogP contribution in [0.4, 0.5) is 5.00 Å². The second kappa shape index (κ2) is 5.27. The molecule has 2 rings (SSSR count). The van der Waals surface area contributed by atoms with E-state index < -0.39 is 5.97 Å². The first kappa shape index (κ1) is 11.3. The number of aromatic nitrogens is 1. The Labute approximate surface area is 98.1 Å². The van der Waals surface area contributed by atoms with Gasteiger partial charge in [-0.15, -0.1) is 11.3 Å². The van der Waals surface area contributed by atoms with Crippen LogP contribution in [0.25, 0.3) is 0 Å². The minimum atomic E-state index is -0.968. The highest BCUT2D eigenvalue weighted by molar-refractivity contribution is 7.14. The first-order valence-electron chi connectivity index (χ1n) is 5.40. The number of nitrogens with one attached hydrogen (secondary N) is 1. The van der Waals surface area contributed by atoms with Crippen LogP contribution in [0.1, 0.15) is 23.3 Å². The molecule has 6 heteroatoms. The second-order valence-corrected chi connectivity index (χ2v) is 4.67. The van der Waals surface area contributed by atoms with Crippen molar-refractivity contribution >= 4 is 22.3 Å². The van der Waals surface area contributed by atoms with Crippen molar-refractivity contribution in [2.24, 2.45) is 0 Å². The van der Waals surface area contributed by atoms with Crippen molar-refractivity contribution in [2.45, 2.75) is 12.8 Å². The van der Waals surface area contributed by atoms with E-state index in [2.05, 4.69) is 15.2 Å². The van der Waals surface area contributed by atoms with E-state index in [1.54, 1.807) is 5.51 Å². The lowest BCUT2D eigenvalue weighted by Gasteiger charge is -2.14. The Morgan fingerprint density at radius 2 is 2.31 bits per heavy atom. The van der Waals surface area contributed by atoms with Gasteiger partial charge in [-0.1, -0.05) is 0 Å². The second-order valence-electron chi connectivity index (χ2n) is 3.81. The van der Waals surface area contributed by atoms with Crippen molar-refractivity contribution in [2.75, 3.05) is 31.5 Å². The predicted octanol–water partition coefficient (Wildman–Crippen LogP) is 1.35. The first-order chi connectivity index (χ1) is 7.77. The highest BCUT2D eigenvalue weighted by atomic mass is 32.1. The van der Waals surface area contributed by atoms with E-state index in [9.17, 15) is 4.79 Å². The summed E-state index contributed by atoms with van der Waals surface area (Å²) < 4.78 is 0. The van der Waals surface area contributed by atoms with Crippen molar-refractivity contribution in [3.63, 3.8) is 0 Å². The third-order valence-electron chi connectivity index (χ3n) is 2.68. The van der Waals surface area contributed by atoms with Gasteiger partial charge < -0.3 is 15.3 Å². The predicted molar refractivity (Wildman–Crippen MR) is 63.2 cm³/mol. The molecular weight excluding hydrogens is 226 g/mol. The molecule has 0 aliphatic carbocycles. The number of hydrogen-bond donors (Lipinski definition) is 2. The van der Waals surface area contributed by atoms with E-state index in [0.717, 1.165) is 26.2 Å². The summed E-state index contributed by atoms with van der Waals surface area (Å²) in [6, 6.07) is 0. The Balaban J connectivity index is 1.80. The zero-order valence-corrected chi connectivity index (χ0v) is 9.79. The summed E-state index contributed by atoms with van der Waals surface area (Å²) in [5, 5.41) is 12.7. The Morgan fingerprint density at radius 3 is 3.00 bits per heavy atom. The zero-order chi connectivity index (χ0) is 11.4. The number of thiazole rings is 1. The molecule has 1 aliphatic rings. The van der Waals surface area contributed by atoms with Gasteiger partial charge in [0.25, 0.3) is 0 Å². The van der Waals surface area contributed by atoms with E-state index in [1.165, 1.54) is 24.2 Å². The van der Waals surface area contributed by atoms with Crippen LogP contribution in [0.2, 0.25) is 0 Å². The number of carboxylic acids is 1. The quantitative estimate of drug-likeness (QED) is 0.814. The number of hydrogen-bond acceptors (Lipinski definition) is 5. The molecule has 1 fully saturated rings. The maximum Gasteiger partial charge on any atom is 0.357 e. The fourth-order valence-electron chi connectivity index (χ4n) is 1.86. The van der Waals surface area contributed by atoms with Crippen LogP contribution >= 0.6 is 11.3 Å². The van der Waals surface area contributed by atoms with Gasteiger partial charge in [-0.25, -0.2) is 9.78 Å². The van der Waals surface area contributed by atoms with Crippen molar-refractivity contribution in [3.8, 4) is 0 Å². The largest absolute Gasteiger partial charge is 0.476 e. The average molecular weight is 241 g/mol. The molecule has 2 N–H and O–H groups in total. The maximum absolute atomic E-state index is 10.8. The molecule has 1 aromatic rings. The van der Waals surface area contributed by atoms with Crippen molar-refractivity contribution in [1.82, 2.24) is 9.88 Å². The third-order valence-corrected chi connectivity index (χ3v) is 3.47. The smallest absolute Gasteiger partial charge is 0.357 e. The van der Waals surface area contributed by atoms with Crippen LogP contribution in [-0.4, -0.2) is 47.1 Å². The number of carboxylic acid groups (broad SMARTS) is 1. The molecule has 0 unspecified atom stereocenters. The Morgan fingerprint density at radius 1 is 1.56 bits per heavy atom. The van der Waals surface area contributed by atoms with Gasteiger partial charge in [0.05, 0.1) is 5.51 Å². The number of anilines is 1. The van der Waals surface area contributed by atoms with Crippen molar-refractivity contribution in [3.05, 3.63) is 11.2 Å². The number of likely N-dealkylation sites (tertiary alicyclic amines) is 1. The fourth-order valence-corrected chi connectivity index (χ4v) is 2.56. The number of aromatic carboxylic acids is 1. The first-order valence-corrected chi connectivity index (χ1v) is 6.28.